The van der Waals surface area contributed by atoms with Crippen molar-refractivity contribution < 1.29 is 13.9 Å². The van der Waals surface area contributed by atoms with Gasteiger partial charge in [-0.3, -0.25) is 4.79 Å². The molecule has 1 aliphatic heterocycles. The van der Waals surface area contributed by atoms with E-state index >= 15 is 0 Å². The van der Waals surface area contributed by atoms with Gasteiger partial charge >= 0.3 is 6.01 Å². The van der Waals surface area contributed by atoms with Crippen molar-refractivity contribution in [2.75, 3.05) is 25.1 Å². The van der Waals surface area contributed by atoms with Gasteiger partial charge in [0, 0.05) is 18.7 Å². The van der Waals surface area contributed by atoms with Crippen LogP contribution in [-0.2, 0) is 0 Å². The molecular weight excluding hydrogens is 368 g/mol. The zero-order valence-electron chi connectivity index (χ0n) is 16.6. The number of carbonyl (C=O) groups excluding carboxylic acids is 1. The van der Waals surface area contributed by atoms with Crippen molar-refractivity contribution in [1.82, 2.24) is 15.5 Å². The van der Waals surface area contributed by atoms with E-state index in [0.717, 1.165) is 37.1 Å². The van der Waals surface area contributed by atoms with Crippen molar-refractivity contribution in [2.24, 2.45) is 0 Å². The first-order valence-electron chi connectivity index (χ1n) is 9.74. The molecule has 2 heterocycles. The number of hydrogen-bond acceptors (Lipinski definition) is 6. The largest absolute Gasteiger partial charge is 0.497 e. The molecule has 0 aliphatic carbocycles. The van der Waals surface area contributed by atoms with E-state index in [4.69, 9.17) is 9.15 Å². The highest BCUT2D eigenvalue weighted by molar-refractivity contribution is 5.96. The van der Waals surface area contributed by atoms with Crippen molar-refractivity contribution >= 4 is 11.9 Å². The molecule has 1 aliphatic rings. The molecule has 1 saturated heterocycles. The third-order valence-corrected chi connectivity index (χ3v) is 5.14. The van der Waals surface area contributed by atoms with Gasteiger partial charge in [-0.15, -0.1) is 5.10 Å². The van der Waals surface area contributed by atoms with Crippen LogP contribution in [0.15, 0.2) is 52.9 Å². The van der Waals surface area contributed by atoms with Crippen LogP contribution in [0.4, 0.5) is 6.01 Å². The van der Waals surface area contributed by atoms with E-state index in [-0.39, 0.29) is 5.91 Å². The summed E-state index contributed by atoms with van der Waals surface area (Å²) in [4.78, 5) is 15.1. The molecule has 2 aromatic carbocycles. The van der Waals surface area contributed by atoms with Gasteiger partial charge in [0.25, 0.3) is 5.91 Å². The second kappa shape index (κ2) is 8.34. The Bertz CT molecular complexity index is 981. The summed E-state index contributed by atoms with van der Waals surface area (Å²) in [5.74, 6) is 0.878. The molecule has 1 amide bonds. The van der Waals surface area contributed by atoms with Crippen LogP contribution in [0.1, 0.15) is 46.3 Å². The molecule has 0 radical (unpaired) electrons. The number of nitrogens with one attached hydrogen (secondary N) is 1. The zero-order valence-corrected chi connectivity index (χ0v) is 16.6. The molecule has 0 unspecified atom stereocenters. The molecule has 1 atom stereocenters. The maximum Gasteiger partial charge on any atom is 0.318 e. The third kappa shape index (κ3) is 4.08. The molecule has 7 nitrogen and oxygen atoms in total. The number of amides is 1. The minimum Gasteiger partial charge on any atom is -0.497 e. The van der Waals surface area contributed by atoms with Crippen molar-refractivity contribution in [2.45, 2.75) is 25.8 Å². The first-order valence-corrected chi connectivity index (χ1v) is 9.74. The lowest BCUT2D eigenvalue weighted by Gasteiger charge is -2.17. The van der Waals surface area contributed by atoms with Crippen molar-refractivity contribution in [3.63, 3.8) is 0 Å². The molecule has 29 heavy (non-hydrogen) atoms. The van der Waals surface area contributed by atoms with E-state index in [9.17, 15) is 4.79 Å². The van der Waals surface area contributed by atoms with Gasteiger partial charge in [-0.05, 0) is 49.1 Å². The Balaban J connectivity index is 1.62. The Morgan fingerprint density at radius 2 is 1.90 bits per heavy atom. The summed E-state index contributed by atoms with van der Waals surface area (Å²) in [6, 6.07) is 15.0. The minimum absolute atomic E-state index is 0.208. The van der Waals surface area contributed by atoms with E-state index in [0.29, 0.717) is 23.2 Å². The number of aryl methyl sites for hydroxylation is 1. The monoisotopic (exact) mass is 392 g/mol. The number of methoxy groups -OCH3 is 1. The highest BCUT2D eigenvalue weighted by Crippen LogP contribution is 2.26. The fourth-order valence-corrected chi connectivity index (χ4v) is 3.54. The van der Waals surface area contributed by atoms with Crippen molar-refractivity contribution in [1.29, 1.82) is 0 Å². The third-order valence-electron chi connectivity index (χ3n) is 5.14. The lowest BCUT2D eigenvalue weighted by molar-refractivity contribution is 0.0937. The Kier molecular flexibility index (Phi) is 5.46. The van der Waals surface area contributed by atoms with Gasteiger partial charge in [0.05, 0.1) is 7.11 Å². The molecule has 4 rings (SSSR count). The Morgan fingerprint density at radius 1 is 1.14 bits per heavy atom. The van der Waals surface area contributed by atoms with Gasteiger partial charge in [0.1, 0.15) is 11.8 Å². The van der Waals surface area contributed by atoms with Crippen LogP contribution in [-0.4, -0.2) is 36.3 Å². The summed E-state index contributed by atoms with van der Waals surface area (Å²) in [5, 5.41) is 11.5. The average molecular weight is 392 g/mol. The quantitative estimate of drug-likeness (QED) is 0.691. The summed E-state index contributed by atoms with van der Waals surface area (Å²) < 4.78 is 11.2. The van der Waals surface area contributed by atoms with E-state index in [1.54, 1.807) is 19.2 Å². The van der Waals surface area contributed by atoms with E-state index in [1.807, 2.05) is 43.3 Å². The second-order valence-electron chi connectivity index (χ2n) is 7.12. The molecule has 0 bridgehead atoms. The van der Waals surface area contributed by atoms with Gasteiger partial charge in [0.2, 0.25) is 5.89 Å². The first kappa shape index (κ1) is 19.0. The zero-order chi connectivity index (χ0) is 20.2. The van der Waals surface area contributed by atoms with Gasteiger partial charge in [-0.1, -0.05) is 35.4 Å². The van der Waals surface area contributed by atoms with Gasteiger partial charge in [-0.2, -0.15) is 0 Å². The number of benzene rings is 2. The number of rotatable bonds is 6. The summed E-state index contributed by atoms with van der Waals surface area (Å²) in [6.07, 6.45) is 2.24. The highest BCUT2D eigenvalue weighted by atomic mass is 16.5. The SMILES string of the molecule is COc1ccc(C(=O)N[C@@H](c2ccccc2)c2nnc(N3CCCC3)o2)c(C)c1. The Labute approximate surface area is 169 Å². The van der Waals surface area contributed by atoms with Crippen LogP contribution in [0.25, 0.3) is 0 Å². The lowest BCUT2D eigenvalue weighted by atomic mass is 10.0. The summed E-state index contributed by atoms with van der Waals surface area (Å²) >= 11 is 0. The van der Waals surface area contributed by atoms with Gasteiger partial charge in [-0.25, -0.2) is 0 Å². The topological polar surface area (TPSA) is 80.5 Å². The smallest absolute Gasteiger partial charge is 0.318 e. The molecule has 0 saturated carbocycles. The van der Waals surface area contributed by atoms with Crippen LogP contribution in [0.3, 0.4) is 0 Å². The molecule has 1 N–H and O–H groups in total. The maximum atomic E-state index is 13.0. The average Bonchev–Trinajstić information content (AvgIpc) is 3.44. The summed E-state index contributed by atoms with van der Waals surface area (Å²) in [6.45, 7) is 3.71. The van der Waals surface area contributed by atoms with E-state index < -0.39 is 6.04 Å². The normalized spacial score (nSPS) is 14.6. The summed E-state index contributed by atoms with van der Waals surface area (Å²) in [5.41, 5.74) is 2.28. The first-order chi connectivity index (χ1) is 14.2. The molecule has 7 heteroatoms. The lowest BCUT2D eigenvalue weighted by Crippen LogP contribution is -2.30. The molecular formula is C22H24N4O3. The van der Waals surface area contributed by atoms with Crippen LogP contribution >= 0.6 is 0 Å². The van der Waals surface area contributed by atoms with Crippen LogP contribution < -0.4 is 15.0 Å². The van der Waals surface area contributed by atoms with Crippen LogP contribution in [0.2, 0.25) is 0 Å². The molecule has 0 spiro atoms. The van der Waals surface area contributed by atoms with Crippen LogP contribution in [0, 0.1) is 6.92 Å². The van der Waals surface area contributed by atoms with Gasteiger partial charge in [0.15, 0.2) is 0 Å². The van der Waals surface area contributed by atoms with Crippen LogP contribution in [0.5, 0.6) is 5.75 Å². The molecule has 1 aromatic heterocycles. The number of nitrogens with zero attached hydrogens (tertiary/aromatic N) is 3. The van der Waals surface area contributed by atoms with Crippen molar-refractivity contribution in [3.8, 4) is 5.75 Å². The van der Waals surface area contributed by atoms with E-state index in [1.165, 1.54) is 0 Å². The Hall–Kier alpha value is -3.35. The molecule has 150 valence electrons. The number of aromatic nitrogens is 2. The number of hydrogen-bond donors (Lipinski definition) is 1. The van der Waals surface area contributed by atoms with Gasteiger partial charge < -0.3 is 19.4 Å². The predicted octanol–water partition coefficient (Wildman–Crippen LogP) is 3.51. The summed E-state index contributed by atoms with van der Waals surface area (Å²) in [7, 11) is 1.60. The molecule has 1 fully saturated rings. The Morgan fingerprint density at radius 3 is 2.59 bits per heavy atom. The standard InChI is InChI=1S/C22H24N4O3/c1-15-14-17(28-2)10-11-18(15)20(27)23-19(16-8-4-3-5-9-16)21-24-25-22(29-21)26-12-6-7-13-26/h3-5,8-11,14,19H,6-7,12-13H2,1-2H3,(H,23,27)/t19-/m0/s1. The second-order valence-corrected chi connectivity index (χ2v) is 7.12. The number of anilines is 1. The van der Waals surface area contributed by atoms with Crippen molar-refractivity contribution in [3.05, 3.63) is 71.1 Å². The fraction of sp³-hybridized carbons (Fsp3) is 0.318. The van der Waals surface area contributed by atoms with E-state index in [2.05, 4.69) is 20.4 Å². The number of carbonyl (C=O) groups is 1. The minimum atomic E-state index is -0.533. The predicted molar refractivity (Wildman–Crippen MR) is 109 cm³/mol. The molecule has 3 aromatic rings. The number of ether oxygens (including phenoxy) is 1. The fourth-order valence-electron chi connectivity index (χ4n) is 3.54. The highest BCUT2D eigenvalue weighted by Gasteiger charge is 2.26. The maximum absolute atomic E-state index is 13.0.